The first-order valence-corrected chi connectivity index (χ1v) is 5.64. The summed E-state index contributed by atoms with van der Waals surface area (Å²) < 4.78 is 0. The average molecular weight is 189 g/mol. The number of piperidine rings is 1. The molecule has 0 saturated carbocycles. The van der Waals surface area contributed by atoms with Gasteiger partial charge in [-0.2, -0.15) is 0 Å². The minimum Gasteiger partial charge on any atom is -0.316 e. The Hall–Kier alpha value is -0.820. The molecule has 1 aliphatic rings. The predicted molar refractivity (Wildman–Crippen MR) is 60.5 cm³/mol. The highest BCUT2D eigenvalue weighted by Crippen LogP contribution is 2.33. The maximum atomic E-state index is 3.53. The molecule has 0 bridgehead atoms. The lowest BCUT2D eigenvalue weighted by molar-refractivity contribution is 0.303. The monoisotopic (exact) mass is 189 g/mol. The Balaban J connectivity index is 2.27. The Morgan fingerprint density at radius 2 is 2.07 bits per heavy atom. The fourth-order valence-corrected chi connectivity index (χ4v) is 2.51. The van der Waals surface area contributed by atoms with Gasteiger partial charge in [0.15, 0.2) is 0 Å². The van der Waals surface area contributed by atoms with Crippen molar-refractivity contribution in [1.82, 2.24) is 5.32 Å². The molecule has 0 radical (unpaired) electrons. The lowest BCUT2D eigenvalue weighted by Crippen LogP contribution is -2.42. The van der Waals surface area contributed by atoms with Crippen molar-refractivity contribution in [2.75, 3.05) is 13.1 Å². The Kier molecular flexibility index (Phi) is 2.87. The molecular weight excluding hydrogens is 170 g/mol. The fraction of sp³-hybridized carbons (Fsp3) is 0.538. The van der Waals surface area contributed by atoms with Crippen LogP contribution in [-0.2, 0) is 5.41 Å². The van der Waals surface area contributed by atoms with E-state index < -0.39 is 0 Å². The van der Waals surface area contributed by atoms with Gasteiger partial charge in [-0.15, -0.1) is 0 Å². The van der Waals surface area contributed by atoms with Crippen LogP contribution in [0.2, 0.25) is 0 Å². The molecule has 76 valence electrons. The first-order valence-electron chi connectivity index (χ1n) is 5.64. The summed E-state index contributed by atoms with van der Waals surface area (Å²) in [6.07, 6.45) is 3.88. The Labute approximate surface area is 86.5 Å². The summed E-state index contributed by atoms with van der Waals surface area (Å²) in [7, 11) is 0. The van der Waals surface area contributed by atoms with Crippen LogP contribution in [0.3, 0.4) is 0 Å². The van der Waals surface area contributed by atoms with E-state index in [1.165, 1.54) is 31.4 Å². The maximum absolute atomic E-state index is 3.53. The van der Waals surface area contributed by atoms with Gasteiger partial charge in [-0.05, 0) is 31.4 Å². The molecule has 14 heavy (non-hydrogen) atoms. The van der Waals surface area contributed by atoms with Crippen molar-refractivity contribution in [2.45, 2.75) is 31.6 Å². The second-order valence-electron chi connectivity index (χ2n) is 4.28. The molecule has 1 aliphatic heterocycles. The van der Waals surface area contributed by atoms with Crippen molar-refractivity contribution in [3.8, 4) is 0 Å². The average Bonchev–Trinajstić information content (AvgIpc) is 2.31. The van der Waals surface area contributed by atoms with Crippen molar-refractivity contribution in [3.05, 3.63) is 35.9 Å². The van der Waals surface area contributed by atoms with Crippen LogP contribution in [0.5, 0.6) is 0 Å². The highest BCUT2D eigenvalue weighted by atomic mass is 14.9. The molecule has 0 spiro atoms. The molecule has 1 nitrogen and oxygen atoms in total. The zero-order valence-corrected chi connectivity index (χ0v) is 8.92. The van der Waals surface area contributed by atoms with Crippen LogP contribution < -0.4 is 5.32 Å². The molecular formula is C13H19N. The molecule has 1 aromatic carbocycles. The number of hydrogen-bond donors (Lipinski definition) is 1. The molecule has 1 N–H and O–H groups in total. The normalized spacial score (nSPS) is 27.5. The van der Waals surface area contributed by atoms with Gasteiger partial charge in [-0.3, -0.25) is 0 Å². The van der Waals surface area contributed by atoms with E-state index in [0.29, 0.717) is 5.41 Å². The summed E-state index contributed by atoms with van der Waals surface area (Å²) in [5.41, 5.74) is 1.91. The fourth-order valence-electron chi connectivity index (χ4n) is 2.51. The third-order valence-corrected chi connectivity index (χ3v) is 3.54. The van der Waals surface area contributed by atoms with Crippen LogP contribution in [-0.4, -0.2) is 13.1 Å². The van der Waals surface area contributed by atoms with E-state index in [9.17, 15) is 0 Å². The van der Waals surface area contributed by atoms with Crippen LogP contribution in [0, 0.1) is 0 Å². The third kappa shape index (κ3) is 1.69. The first-order chi connectivity index (χ1) is 6.87. The molecule has 0 amide bonds. The van der Waals surface area contributed by atoms with Crippen LogP contribution in [0.1, 0.15) is 31.7 Å². The molecule has 1 atom stereocenters. The predicted octanol–water partition coefficient (Wildman–Crippen LogP) is 2.72. The second-order valence-corrected chi connectivity index (χ2v) is 4.28. The summed E-state index contributed by atoms with van der Waals surface area (Å²) in [5.74, 6) is 0. The first kappa shape index (κ1) is 9.72. The third-order valence-electron chi connectivity index (χ3n) is 3.54. The minimum absolute atomic E-state index is 0.402. The number of rotatable bonds is 2. The molecule has 1 aromatic rings. The van der Waals surface area contributed by atoms with Crippen LogP contribution >= 0.6 is 0 Å². The Morgan fingerprint density at radius 1 is 1.29 bits per heavy atom. The van der Waals surface area contributed by atoms with Gasteiger partial charge in [-0.1, -0.05) is 37.3 Å². The smallest absolute Gasteiger partial charge is 0.00756 e. The van der Waals surface area contributed by atoms with Crippen molar-refractivity contribution >= 4 is 0 Å². The second kappa shape index (κ2) is 4.14. The molecule has 1 heterocycles. The van der Waals surface area contributed by atoms with Gasteiger partial charge in [-0.25, -0.2) is 0 Å². The van der Waals surface area contributed by atoms with Crippen LogP contribution in [0.15, 0.2) is 30.3 Å². The maximum Gasteiger partial charge on any atom is 0.00756 e. The highest BCUT2D eigenvalue weighted by molar-refractivity contribution is 5.26. The van der Waals surface area contributed by atoms with Crippen LogP contribution in [0.4, 0.5) is 0 Å². The molecule has 0 aliphatic carbocycles. The summed E-state index contributed by atoms with van der Waals surface area (Å²) in [4.78, 5) is 0. The Bertz CT molecular complexity index is 273. The number of hydrogen-bond acceptors (Lipinski definition) is 1. The van der Waals surface area contributed by atoms with E-state index >= 15 is 0 Å². The van der Waals surface area contributed by atoms with Crippen molar-refractivity contribution < 1.29 is 0 Å². The zero-order chi connectivity index (χ0) is 9.86. The summed E-state index contributed by atoms with van der Waals surface area (Å²) in [6, 6.07) is 11.0. The van der Waals surface area contributed by atoms with Gasteiger partial charge in [0.2, 0.25) is 0 Å². The topological polar surface area (TPSA) is 12.0 Å². The van der Waals surface area contributed by atoms with Crippen molar-refractivity contribution in [1.29, 1.82) is 0 Å². The Morgan fingerprint density at radius 3 is 2.64 bits per heavy atom. The lowest BCUT2D eigenvalue weighted by atomic mass is 9.73. The van der Waals surface area contributed by atoms with Gasteiger partial charge in [0.25, 0.3) is 0 Å². The van der Waals surface area contributed by atoms with Gasteiger partial charge in [0.05, 0.1) is 0 Å². The van der Waals surface area contributed by atoms with Crippen molar-refractivity contribution in [2.24, 2.45) is 0 Å². The van der Waals surface area contributed by atoms with E-state index in [2.05, 4.69) is 42.6 Å². The van der Waals surface area contributed by atoms with Gasteiger partial charge >= 0.3 is 0 Å². The van der Waals surface area contributed by atoms with E-state index in [-0.39, 0.29) is 0 Å². The quantitative estimate of drug-likeness (QED) is 0.754. The van der Waals surface area contributed by atoms with Crippen LogP contribution in [0.25, 0.3) is 0 Å². The van der Waals surface area contributed by atoms with E-state index in [0.717, 1.165) is 6.54 Å². The molecule has 1 fully saturated rings. The van der Waals surface area contributed by atoms with Gasteiger partial charge in [0, 0.05) is 12.0 Å². The summed E-state index contributed by atoms with van der Waals surface area (Å²) in [5, 5.41) is 3.53. The molecule has 1 saturated heterocycles. The van der Waals surface area contributed by atoms with Gasteiger partial charge < -0.3 is 5.32 Å². The number of nitrogens with one attached hydrogen (secondary N) is 1. The molecule has 0 aromatic heterocycles. The van der Waals surface area contributed by atoms with E-state index in [4.69, 9.17) is 0 Å². The van der Waals surface area contributed by atoms with E-state index in [1.54, 1.807) is 0 Å². The highest BCUT2D eigenvalue weighted by Gasteiger charge is 2.31. The molecule has 1 heteroatoms. The minimum atomic E-state index is 0.402. The molecule has 1 unspecified atom stereocenters. The number of benzene rings is 1. The molecule has 2 rings (SSSR count). The largest absolute Gasteiger partial charge is 0.316 e. The lowest BCUT2D eigenvalue weighted by Gasteiger charge is -2.37. The van der Waals surface area contributed by atoms with E-state index in [1.807, 2.05) is 0 Å². The zero-order valence-electron chi connectivity index (χ0n) is 8.92. The van der Waals surface area contributed by atoms with Crippen molar-refractivity contribution in [3.63, 3.8) is 0 Å². The summed E-state index contributed by atoms with van der Waals surface area (Å²) >= 11 is 0. The van der Waals surface area contributed by atoms with Gasteiger partial charge in [0.1, 0.15) is 0 Å². The SMILES string of the molecule is CCC1(c2ccccc2)CCCNC1. The summed E-state index contributed by atoms with van der Waals surface area (Å²) in [6.45, 7) is 4.64. The standard InChI is InChI=1S/C13H19N/c1-2-13(9-6-10-14-11-13)12-7-4-3-5-8-12/h3-5,7-8,14H,2,6,9-11H2,1H3.